The van der Waals surface area contributed by atoms with Gasteiger partial charge in [0.2, 0.25) is 88.6 Å². The summed E-state index contributed by atoms with van der Waals surface area (Å²) < 4.78 is 0. The smallest absolute Gasteiger partial charge is 0.305 e. The Kier molecular flexibility index (Phi) is 41.5. The molecule has 18 atom stereocenters. The van der Waals surface area contributed by atoms with E-state index in [-0.39, 0.29) is 35.2 Å². The number of carboxylic acid groups (broad SMARTS) is 4. The number of benzene rings is 4. The second kappa shape index (κ2) is 50.6. The van der Waals surface area contributed by atoms with Crippen LogP contribution >= 0.6 is 35.3 Å². The zero-order valence-corrected chi connectivity index (χ0v) is 74.7. The Bertz CT molecular complexity index is 4730. The van der Waals surface area contributed by atoms with Crippen LogP contribution in [0.15, 0.2) is 91.0 Å². The van der Waals surface area contributed by atoms with Crippen molar-refractivity contribution in [2.75, 3.05) is 17.3 Å². The summed E-state index contributed by atoms with van der Waals surface area (Å²) in [4.78, 5) is 266. The first kappa shape index (κ1) is 106. The minimum atomic E-state index is -2.17. The number of aliphatic hydroxyl groups is 2. The number of amides is 15. The third kappa shape index (κ3) is 35.2. The maximum Gasteiger partial charge on any atom is 0.305 e. The van der Waals surface area contributed by atoms with Crippen molar-refractivity contribution < 1.29 is 122 Å². The lowest BCUT2D eigenvalue weighted by Crippen LogP contribution is -2.63. The highest BCUT2D eigenvalue weighted by molar-refractivity contribution is 7.99. The molecule has 45 heteroatoms. The number of fused-ring (bicyclic) bond motifs is 6. The Hall–Kier alpha value is -12.0. The molecule has 0 spiro atoms. The molecule has 0 saturated heterocycles. The maximum absolute atomic E-state index is 15.3. The molecule has 6 rings (SSSR count). The number of carbonyl (C=O) groups is 19. The van der Waals surface area contributed by atoms with E-state index in [0.717, 1.165) is 35.3 Å². The SMILES string of the molecule is CC(C[C@@H]1NC(O)[C@H](Cc2ccccc2)NC(=O)[C@H](CC(=O)O)NC(=O)[C@H](CCC(=O)O)NC(=O)[C@H]2CSCc3cc(cc(c3)CSC[C@H](NC(=O)[C@H](C)N)C(=O)N[C@H](C)C(=O)N[C@@H](CC(N)=O)C(=O)N[C@@H](CCC(=O)O)C(=O)N[C@@H](Cc3cccc4ccccc34)C(=O)N[C@H](C)C(=O)N2)CSC[C@@H](C(N)=O)NC(=O)[C@H](C(C)(C)C)NC(=O)[C@H](CC(=O)O)NC1=O)[C@@H](C)O. The van der Waals surface area contributed by atoms with E-state index in [2.05, 4.69) is 74.4 Å². The summed E-state index contributed by atoms with van der Waals surface area (Å²) in [5.41, 5.74) is 18.4. The number of hydrogen-bond acceptors (Lipinski definition) is 26. The lowest BCUT2D eigenvalue weighted by Gasteiger charge is -2.33. The lowest BCUT2D eigenvalue weighted by atomic mass is 9.85. The first-order valence-corrected chi connectivity index (χ1v) is 44.8. The molecule has 15 amide bonds. The van der Waals surface area contributed by atoms with Gasteiger partial charge in [0.25, 0.3) is 0 Å². The van der Waals surface area contributed by atoms with Gasteiger partial charge in [-0.1, -0.05) is 119 Å². The number of primary amides is 2. The molecular weight excluding hydrogens is 1740 g/mol. The Balaban J connectivity index is 1.56. The summed E-state index contributed by atoms with van der Waals surface area (Å²) in [6, 6.07) is -1.35. The third-order valence-electron chi connectivity index (χ3n) is 20.7. The van der Waals surface area contributed by atoms with Gasteiger partial charge in [-0.05, 0) is 103 Å². The zero-order valence-electron chi connectivity index (χ0n) is 72.3. The molecule has 0 aliphatic carbocycles. The van der Waals surface area contributed by atoms with Crippen LogP contribution in [0, 0.1) is 11.3 Å². The summed E-state index contributed by atoms with van der Waals surface area (Å²) in [5.74, 6) is -25.7. The summed E-state index contributed by atoms with van der Waals surface area (Å²) >= 11 is 3.08. The molecule has 2 unspecified atom stereocenters. The van der Waals surface area contributed by atoms with Crippen molar-refractivity contribution in [2.24, 2.45) is 28.5 Å². The third-order valence-corrected chi connectivity index (χ3v) is 24.0. The number of thioether (sulfide) groups is 3. The van der Waals surface area contributed by atoms with Gasteiger partial charge < -0.3 is 117 Å². The van der Waals surface area contributed by atoms with Crippen molar-refractivity contribution in [2.45, 2.75) is 240 Å². The van der Waals surface area contributed by atoms with Gasteiger partial charge in [-0.2, -0.15) is 35.3 Å². The second-order valence-electron chi connectivity index (χ2n) is 32.7. The highest BCUT2D eigenvalue weighted by Gasteiger charge is 2.42. The monoisotopic (exact) mass is 1860 g/mol. The number of aliphatic carboxylic acids is 4. The molecule has 0 fully saturated rings. The van der Waals surface area contributed by atoms with Crippen molar-refractivity contribution in [3.05, 3.63) is 119 Å². The highest BCUT2D eigenvalue weighted by atomic mass is 32.2. The number of aliphatic hydroxyl groups excluding tert-OH is 2. The van der Waals surface area contributed by atoms with E-state index < -0.39 is 290 Å². The van der Waals surface area contributed by atoms with Gasteiger partial charge >= 0.3 is 23.9 Å². The molecule has 0 saturated carbocycles. The minimum absolute atomic E-state index is 0.00295. The predicted octanol–water partition coefficient (Wildman–Crippen LogP) is -3.49. The van der Waals surface area contributed by atoms with Gasteiger partial charge in [0.15, 0.2) is 0 Å². The summed E-state index contributed by atoms with van der Waals surface area (Å²) in [7, 11) is 0. The molecule has 4 aromatic rings. The van der Waals surface area contributed by atoms with E-state index in [0.29, 0.717) is 38.6 Å². The molecular formula is C84H115N17O25S3. The van der Waals surface area contributed by atoms with Gasteiger partial charge in [0.1, 0.15) is 78.7 Å². The quantitative estimate of drug-likeness (QED) is 0.0363. The van der Waals surface area contributed by atoms with Crippen LogP contribution in [0.1, 0.15) is 135 Å². The number of nitrogens with one attached hydrogen (secondary N) is 14. The average Bonchev–Trinajstić information content (AvgIpc) is 0.817. The van der Waals surface area contributed by atoms with Crippen LogP contribution in [-0.4, -0.2) is 263 Å². The largest absolute Gasteiger partial charge is 0.481 e. The minimum Gasteiger partial charge on any atom is -0.481 e. The van der Waals surface area contributed by atoms with Gasteiger partial charge in [0.05, 0.1) is 43.5 Å². The Morgan fingerprint density at radius 2 is 0.922 bits per heavy atom. The van der Waals surface area contributed by atoms with Crippen LogP contribution in [0.2, 0.25) is 0 Å². The fourth-order valence-electron chi connectivity index (χ4n) is 13.4. The molecule has 2 aliphatic rings. The summed E-state index contributed by atoms with van der Waals surface area (Å²) in [6.45, 7) is 11.1. The molecule has 2 aliphatic heterocycles. The second-order valence-corrected chi connectivity index (χ2v) is 35.8. The van der Waals surface area contributed by atoms with E-state index in [4.69, 9.17) is 17.2 Å². The summed E-state index contributed by atoms with van der Waals surface area (Å²) in [5, 5.41) is 99.4. The maximum atomic E-state index is 15.3. The van der Waals surface area contributed by atoms with E-state index >= 15 is 9.59 Å². The predicted molar refractivity (Wildman–Crippen MR) is 472 cm³/mol. The summed E-state index contributed by atoms with van der Waals surface area (Å²) in [6.07, 6.45) is -11.0. The average molecular weight is 1860 g/mol. The highest BCUT2D eigenvalue weighted by Crippen LogP contribution is 2.27. The topological polar surface area (TPSA) is 692 Å². The van der Waals surface area contributed by atoms with E-state index in [1.807, 2.05) is 0 Å². The van der Waals surface area contributed by atoms with Crippen molar-refractivity contribution in [3.63, 3.8) is 0 Å². The lowest BCUT2D eigenvalue weighted by molar-refractivity contribution is -0.142. The van der Waals surface area contributed by atoms with Crippen LogP contribution in [0.4, 0.5) is 0 Å². The van der Waals surface area contributed by atoms with Crippen LogP contribution in [-0.2, 0) is 121 Å². The van der Waals surface area contributed by atoms with Crippen LogP contribution in [0.5, 0.6) is 0 Å². The molecule has 4 bridgehead atoms. The zero-order chi connectivity index (χ0) is 95.8. The van der Waals surface area contributed by atoms with Crippen LogP contribution in [0.25, 0.3) is 10.8 Å². The van der Waals surface area contributed by atoms with E-state index in [1.165, 1.54) is 55.4 Å². The number of nitrogens with two attached hydrogens (primary N) is 3. The van der Waals surface area contributed by atoms with Crippen molar-refractivity contribution in [1.82, 2.24) is 74.4 Å². The van der Waals surface area contributed by atoms with Gasteiger partial charge in [-0.15, -0.1) is 0 Å². The molecule has 129 heavy (non-hydrogen) atoms. The first-order chi connectivity index (χ1) is 60.7. The van der Waals surface area contributed by atoms with Crippen molar-refractivity contribution >= 4 is 159 Å². The molecule has 0 radical (unpaired) electrons. The number of carboxylic acids is 4. The Labute approximate surface area is 755 Å². The first-order valence-electron chi connectivity index (χ1n) is 41.3. The molecule has 704 valence electrons. The van der Waals surface area contributed by atoms with Gasteiger partial charge in [-0.25, -0.2) is 0 Å². The molecule has 42 nitrogen and oxygen atoms in total. The number of carbonyl (C=O) groups excluding carboxylic acids is 15. The fraction of sp³-hybridized carbons (Fsp3) is 0.512. The van der Waals surface area contributed by atoms with Gasteiger partial charge in [0, 0.05) is 53.8 Å². The van der Waals surface area contributed by atoms with Crippen molar-refractivity contribution in [3.8, 4) is 0 Å². The fourth-order valence-corrected chi connectivity index (χ4v) is 16.4. The Morgan fingerprint density at radius 1 is 0.473 bits per heavy atom. The van der Waals surface area contributed by atoms with Gasteiger partial charge in [-0.3, -0.25) is 96.4 Å². The van der Waals surface area contributed by atoms with E-state index in [9.17, 15) is 112 Å². The Morgan fingerprint density at radius 3 is 1.45 bits per heavy atom. The number of hydrogen-bond donors (Lipinski definition) is 23. The van der Waals surface area contributed by atoms with E-state index in [1.54, 1.807) is 91.0 Å². The van der Waals surface area contributed by atoms with Crippen LogP contribution < -0.4 is 91.6 Å². The molecule has 26 N–H and O–H groups in total. The standard InChI is InChI=1S/C84H115N17O25S3/c1-40(44(5)102)25-54-76(119)97-59(33-67(110)111)80(123)101-68(84(6,7)8)83(126)98-60(69(87)112)37-127-34-46-26-47-28-48(27-46)36-129-39-62(82(125)91-53(22-24-65(106)107)74(117)96-58(32-66(108)109)79(122)94-55(77(120)93-54)29-45-15-10-9-11-16-45)100-72(115)43(4)88-75(118)56(30-50-19-14-18-49-17-12-13-20-51(49)50)95-73(116)52(21-23-64(104)105)90-78(121)57(31-63(86)103)92-71(114)42(3)89-81(124)61(38-128-35-47)99-70(113)41(2)85/h9-20,26-28,40-44,52-62,68,77,93,102,120H,21-25,29-39,85H2,1-8H3,(H2,86,103)(H2,87,112)(H,88,118)(H,89,124)(H,90,121)(H,91,125)(H,92,114)(H,94,122)(H,95,116)(H,96,117)(H,97,119)(H,98,126)(H,99,113)(H,100,115)(H,101,123)(H,104,105)(H,106,107)(H,108,109)(H,110,111)/t40?,41-,42+,43+,44+,52-,53-,54-,55-,56-,57-,58-,59-,60-,61-,62+,68+,77?/m0/s1. The van der Waals surface area contributed by atoms with Crippen molar-refractivity contribution in [1.29, 1.82) is 0 Å². The van der Waals surface area contributed by atoms with Crippen LogP contribution in [0.3, 0.4) is 0 Å². The molecule has 2 heterocycles. The molecule has 0 aromatic heterocycles. The number of rotatable bonds is 22. The normalized spacial score (nSPS) is 25.4. The molecule has 4 aromatic carbocycles.